The Bertz CT molecular complexity index is 312. The molecule has 5 nitrogen and oxygen atoms in total. The van der Waals surface area contributed by atoms with E-state index >= 15 is 0 Å². The number of hydrogen-bond acceptors (Lipinski definition) is 5. The van der Waals surface area contributed by atoms with Gasteiger partial charge < -0.3 is 15.6 Å². The number of aliphatic hydroxyl groups is 1. The summed E-state index contributed by atoms with van der Waals surface area (Å²) in [6.45, 7) is 0. The molecule has 0 bridgehead atoms. The second kappa shape index (κ2) is 4.94. The van der Waals surface area contributed by atoms with Crippen LogP contribution in [0.5, 0.6) is 5.75 Å². The standard InChI is InChI=1S/C7H9Br2N3O2/c8-4-1-3(10)2-5(9)6(4)14-7(13)12-11/h1-2,7,12-13H,10-11H2. The molecule has 78 valence electrons. The first-order chi connectivity index (χ1) is 6.54. The molecule has 1 rings (SSSR count). The highest BCUT2D eigenvalue weighted by Gasteiger charge is 2.11. The Morgan fingerprint density at radius 2 is 1.86 bits per heavy atom. The van der Waals surface area contributed by atoms with Crippen LogP contribution in [0.15, 0.2) is 21.1 Å². The van der Waals surface area contributed by atoms with Crippen molar-refractivity contribution < 1.29 is 9.84 Å². The van der Waals surface area contributed by atoms with E-state index in [0.717, 1.165) is 0 Å². The van der Waals surface area contributed by atoms with Crippen molar-refractivity contribution in [3.05, 3.63) is 21.1 Å². The van der Waals surface area contributed by atoms with Gasteiger partial charge in [-0.15, -0.1) is 0 Å². The number of halogens is 2. The van der Waals surface area contributed by atoms with E-state index in [9.17, 15) is 0 Å². The Kier molecular flexibility index (Phi) is 4.14. The lowest BCUT2D eigenvalue weighted by Gasteiger charge is -2.14. The lowest BCUT2D eigenvalue weighted by atomic mass is 10.3. The van der Waals surface area contributed by atoms with Gasteiger partial charge in [-0.3, -0.25) is 5.84 Å². The van der Waals surface area contributed by atoms with Crippen molar-refractivity contribution in [3.8, 4) is 5.75 Å². The molecule has 7 heteroatoms. The minimum atomic E-state index is -1.27. The lowest BCUT2D eigenvalue weighted by molar-refractivity contribution is -0.0448. The van der Waals surface area contributed by atoms with Crippen LogP contribution in [0.2, 0.25) is 0 Å². The molecule has 0 heterocycles. The minimum Gasteiger partial charge on any atom is -0.448 e. The molecule has 0 saturated heterocycles. The normalized spacial score (nSPS) is 12.6. The summed E-state index contributed by atoms with van der Waals surface area (Å²) in [4.78, 5) is 0. The van der Waals surface area contributed by atoms with E-state index in [4.69, 9.17) is 21.4 Å². The smallest absolute Gasteiger partial charge is 0.269 e. The number of rotatable bonds is 3. The van der Waals surface area contributed by atoms with E-state index in [-0.39, 0.29) is 0 Å². The van der Waals surface area contributed by atoms with Gasteiger partial charge in [0.1, 0.15) is 0 Å². The monoisotopic (exact) mass is 325 g/mol. The van der Waals surface area contributed by atoms with Gasteiger partial charge in [-0.25, -0.2) is 0 Å². The van der Waals surface area contributed by atoms with Crippen molar-refractivity contribution in [2.24, 2.45) is 5.84 Å². The zero-order chi connectivity index (χ0) is 10.7. The lowest BCUT2D eigenvalue weighted by Crippen LogP contribution is -2.39. The number of aliphatic hydroxyl groups excluding tert-OH is 1. The van der Waals surface area contributed by atoms with Gasteiger partial charge in [-0.1, -0.05) is 0 Å². The molecule has 0 spiro atoms. The molecule has 0 saturated carbocycles. The molecule has 0 fully saturated rings. The predicted molar refractivity (Wildman–Crippen MR) is 60.2 cm³/mol. The topological polar surface area (TPSA) is 93.5 Å². The van der Waals surface area contributed by atoms with Crippen LogP contribution in [0.3, 0.4) is 0 Å². The maximum atomic E-state index is 9.10. The molecular formula is C7H9Br2N3O2. The van der Waals surface area contributed by atoms with Crippen LogP contribution < -0.4 is 21.7 Å². The quantitative estimate of drug-likeness (QED) is 0.287. The number of anilines is 1. The van der Waals surface area contributed by atoms with Crippen molar-refractivity contribution in [2.45, 2.75) is 6.41 Å². The minimum absolute atomic E-state index is 0.421. The average Bonchev–Trinajstić information content (AvgIpc) is 2.10. The van der Waals surface area contributed by atoms with Gasteiger partial charge in [0, 0.05) is 5.69 Å². The number of ether oxygens (including phenoxy) is 1. The Labute approximate surface area is 97.6 Å². The first-order valence-corrected chi connectivity index (χ1v) is 5.18. The molecule has 1 atom stereocenters. The molecule has 0 amide bonds. The van der Waals surface area contributed by atoms with Gasteiger partial charge in [0.15, 0.2) is 5.75 Å². The molecule has 0 aromatic heterocycles. The number of hydrazine groups is 1. The highest BCUT2D eigenvalue weighted by molar-refractivity contribution is 9.11. The van der Waals surface area contributed by atoms with Crippen molar-refractivity contribution in [1.29, 1.82) is 0 Å². The summed E-state index contributed by atoms with van der Waals surface area (Å²) in [6.07, 6.45) is -1.27. The molecule has 0 aliphatic carbocycles. The van der Waals surface area contributed by atoms with Gasteiger partial charge >= 0.3 is 0 Å². The largest absolute Gasteiger partial charge is 0.448 e. The van der Waals surface area contributed by atoms with Crippen molar-refractivity contribution in [1.82, 2.24) is 5.43 Å². The highest BCUT2D eigenvalue weighted by atomic mass is 79.9. The van der Waals surface area contributed by atoms with E-state index in [1.54, 1.807) is 12.1 Å². The third-order valence-electron chi connectivity index (χ3n) is 1.39. The van der Waals surface area contributed by atoms with Gasteiger partial charge in [0.05, 0.1) is 8.95 Å². The van der Waals surface area contributed by atoms with E-state index in [2.05, 4.69) is 31.9 Å². The fourth-order valence-corrected chi connectivity index (χ4v) is 2.25. The SMILES string of the molecule is NNC(O)Oc1c(Br)cc(N)cc1Br. The molecule has 0 aliphatic rings. The first kappa shape index (κ1) is 11.7. The summed E-state index contributed by atoms with van der Waals surface area (Å²) in [7, 11) is 0. The van der Waals surface area contributed by atoms with Crippen molar-refractivity contribution >= 4 is 37.5 Å². The Balaban J connectivity index is 2.96. The summed E-state index contributed by atoms with van der Waals surface area (Å²) < 4.78 is 6.30. The summed E-state index contributed by atoms with van der Waals surface area (Å²) in [6, 6.07) is 3.31. The number of hydrogen-bond donors (Lipinski definition) is 4. The third-order valence-corrected chi connectivity index (χ3v) is 2.57. The van der Waals surface area contributed by atoms with Crippen LogP contribution in [0, 0.1) is 0 Å². The zero-order valence-corrected chi connectivity index (χ0v) is 10.2. The van der Waals surface area contributed by atoms with Gasteiger partial charge in [0.25, 0.3) is 6.41 Å². The maximum absolute atomic E-state index is 9.10. The van der Waals surface area contributed by atoms with Gasteiger partial charge in [-0.2, -0.15) is 5.43 Å². The predicted octanol–water partition coefficient (Wildman–Crippen LogP) is 0.912. The molecule has 1 aromatic carbocycles. The first-order valence-electron chi connectivity index (χ1n) is 3.60. The fraction of sp³-hybridized carbons (Fsp3) is 0.143. The molecule has 14 heavy (non-hydrogen) atoms. The zero-order valence-electron chi connectivity index (χ0n) is 7.00. The van der Waals surface area contributed by atoms with E-state index in [0.29, 0.717) is 20.4 Å². The van der Waals surface area contributed by atoms with Gasteiger partial charge in [0.2, 0.25) is 0 Å². The number of nitrogen functional groups attached to an aromatic ring is 1. The average molecular weight is 327 g/mol. The van der Waals surface area contributed by atoms with Gasteiger partial charge in [-0.05, 0) is 44.0 Å². The fourth-order valence-electron chi connectivity index (χ4n) is 0.838. The van der Waals surface area contributed by atoms with Crippen molar-refractivity contribution in [3.63, 3.8) is 0 Å². The summed E-state index contributed by atoms with van der Waals surface area (Å²) in [5.74, 6) is 5.39. The van der Waals surface area contributed by atoms with Crippen LogP contribution in [-0.2, 0) is 0 Å². The van der Waals surface area contributed by atoms with Crippen LogP contribution in [-0.4, -0.2) is 11.5 Å². The highest BCUT2D eigenvalue weighted by Crippen LogP contribution is 2.35. The second-order valence-corrected chi connectivity index (χ2v) is 4.16. The number of benzene rings is 1. The molecule has 0 radical (unpaired) electrons. The van der Waals surface area contributed by atoms with Crippen LogP contribution in [0.25, 0.3) is 0 Å². The van der Waals surface area contributed by atoms with Crippen LogP contribution >= 0.6 is 31.9 Å². The molecule has 1 aromatic rings. The van der Waals surface area contributed by atoms with Crippen molar-refractivity contribution in [2.75, 3.05) is 5.73 Å². The van der Waals surface area contributed by atoms with E-state index < -0.39 is 6.41 Å². The number of nitrogens with two attached hydrogens (primary N) is 2. The Hall–Kier alpha value is -0.340. The molecular weight excluding hydrogens is 318 g/mol. The summed E-state index contributed by atoms with van der Waals surface area (Å²) in [5.41, 5.74) is 8.19. The van der Waals surface area contributed by atoms with Crippen LogP contribution in [0.4, 0.5) is 5.69 Å². The third kappa shape index (κ3) is 2.82. The molecule has 6 N–H and O–H groups in total. The summed E-state index contributed by atoms with van der Waals surface area (Å²) in [5, 5.41) is 9.10. The van der Waals surface area contributed by atoms with E-state index in [1.807, 2.05) is 5.43 Å². The van der Waals surface area contributed by atoms with Crippen LogP contribution in [0.1, 0.15) is 0 Å². The molecule has 1 unspecified atom stereocenters. The second-order valence-electron chi connectivity index (χ2n) is 2.45. The van der Waals surface area contributed by atoms with E-state index in [1.165, 1.54) is 0 Å². The summed E-state index contributed by atoms with van der Waals surface area (Å²) >= 11 is 6.48. The molecule has 0 aliphatic heterocycles. The number of nitrogens with one attached hydrogen (secondary N) is 1. The maximum Gasteiger partial charge on any atom is 0.269 e. The Morgan fingerprint density at radius 3 is 2.29 bits per heavy atom. The Morgan fingerprint density at radius 1 is 1.36 bits per heavy atom.